The van der Waals surface area contributed by atoms with Gasteiger partial charge in [0.25, 0.3) is 5.56 Å². The van der Waals surface area contributed by atoms with Gasteiger partial charge in [-0.15, -0.1) is 6.58 Å². The summed E-state index contributed by atoms with van der Waals surface area (Å²) in [4.78, 5) is 26.2. The summed E-state index contributed by atoms with van der Waals surface area (Å²) in [5.41, 5.74) is 1.31. The van der Waals surface area contributed by atoms with E-state index in [1.807, 2.05) is 30.3 Å². The van der Waals surface area contributed by atoms with E-state index in [1.54, 1.807) is 6.08 Å². The molecule has 0 aliphatic heterocycles. The SMILES string of the molecule is C=CCNC(=O)CCc1cc2ccccc2[nH]c1=O. The lowest BCUT2D eigenvalue weighted by Crippen LogP contribution is -2.24. The lowest BCUT2D eigenvalue weighted by molar-refractivity contribution is -0.120. The van der Waals surface area contributed by atoms with Gasteiger partial charge in [0.15, 0.2) is 0 Å². The molecule has 2 rings (SSSR count). The number of carbonyl (C=O) groups excluding carboxylic acids is 1. The van der Waals surface area contributed by atoms with Gasteiger partial charge in [-0.1, -0.05) is 24.3 Å². The summed E-state index contributed by atoms with van der Waals surface area (Å²) in [6.45, 7) is 3.98. The average Bonchev–Trinajstić information content (AvgIpc) is 2.42. The van der Waals surface area contributed by atoms with Crippen LogP contribution in [-0.2, 0) is 11.2 Å². The van der Waals surface area contributed by atoms with Crippen molar-refractivity contribution in [2.75, 3.05) is 6.54 Å². The fourth-order valence-electron chi connectivity index (χ4n) is 1.90. The number of hydrogen-bond donors (Lipinski definition) is 2. The number of nitrogens with one attached hydrogen (secondary N) is 2. The molecule has 1 aromatic carbocycles. The van der Waals surface area contributed by atoms with Crippen molar-refractivity contribution in [2.24, 2.45) is 0 Å². The van der Waals surface area contributed by atoms with E-state index in [0.29, 0.717) is 24.9 Å². The maximum atomic E-state index is 11.9. The van der Waals surface area contributed by atoms with Crippen molar-refractivity contribution < 1.29 is 4.79 Å². The van der Waals surface area contributed by atoms with Crippen LogP contribution in [0.5, 0.6) is 0 Å². The molecule has 0 radical (unpaired) electrons. The molecule has 2 N–H and O–H groups in total. The summed E-state index contributed by atoms with van der Waals surface area (Å²) in [6.07, 6.45) is 2.36. The van der Waals surface area contributed by atoms with Crippen LogP contribution in [0.4, 0.5) is 0 Å². The van der Waals surface area contributed by atoms with Crippen LogP contribution in [0.1, 0.15) is 12.0 Å². The summed E-state index contributed by atoms with van der Waals surface area (Å²) < 4.78 is 0. The van der Waals surface area contributed by atoms with Crippen molar-refractivity contribution in [3.63, 3.8) is 0 Å². The summed E-state index contributed by atoms with van der Waals surface area (Å²) >= 11 is 0. The molecular weight excluding hydrogens is 240 g/mol. The number of amides is 1. The van der Waals surface area contributed by atoms with Crippen LogP contribution in [-0.4, -0.2) is 17.4 Å². The van der Waals surface area contributed by atoms with Gasteiger partial charge in [-0.25, -0.2) is 0 Å². The molecule has 1 aromatic heterocycles. The highest BCUT2D eigenvalue weighted by molar-refractivity contribution is 5.79. The monoisotopic (exact) mass is 256 g/mol. The molecule has 0 aliphatic carbocycles. The van der Waals surface area contributed by atoms with Crippen LogP contribution >= 0.6 is 0 Å². The van der Waals surface area contributed by atoms with Crippen LogP contribution in [0.2, 0.25) is 0 Å². The maximum Gasteiger partial charge on any atom is 0.251 e. The molecule has 2 aromatic rings. The molecule has 0 spiro atoms. The largest absolute Gasteiger partial charge is 0.353 e. The van der Waals surface area contributed by atoms with Gasteiger partial charge < -0.3 is 10.3 Å². The molecule has 0 unspecified atom stereocenters. The number of H-pyrrole nitrogens is 1. The minimum Gasteiger partial charge on any atom is -0.353 e. The first-order valence-corrected chi connectivity index (χ1v) is 6.19. The predicted molar refractivity (Wildman–Crippen MR) is 76.1 cm³/mol. The summed E-state index contributed by atoms with van der Waals surface area (Å²) in [5, 5.41) is 3.67. The van der Waals surface area contributed by atoms with E-state index >= 15 is 0 Å². The highest BCUT2D eigenvalue weighted by atomic mass is 16.1. The van der Waals surface area contributed by atoms with E-state index in [4.69, 9.17) is 0 Å². The quantitative estimate of drug-likeness (QED) is 0.801. The Morgan fingerprint density at radius 3 is 2.95 bits per heavy atom. The Kier molecular flexibility index (Phi) is 4.13. The number of aromatic nitrogens is 1. The lowest BCUT2D eigenvalue weighted by atomic mass is 10.1. The molecule has 0 aliphatic rings. The highest BCUT2D eigenvalue weighted by Gasteiger charge is 2.05. The molecule has 0 saturated heterocycles. The second kappa shape index (κ2) is 6.00. The Morgan fingerprint density at radius 1 is 1.37 bits per heavy atom. The van der Waals surface area contributed by atoms with Crippen molar-refractivity contribution >= 4 is 16.8 Å². The number of hydrogen-bond acceptors (Lipinski definition) is 2. The second-order valence-electron chi connectivity index (χ2n) is 4.30. The van der Waals surface area contributed by atoms with Gasteiger partial charge in [-0.2, -0.15) is 0 Å². The Bertz CT molecular complexity index is 658. The normalized spacial score (nSPS) is 10.3. The third-order valence-corrected chi connectivity index (χ3v) is 2.90. The van der Waals surface area contributed by atoms with Gasteiger partial charge in [-0.3, -0.25) is 9.59 Å². The third kappa shape index (κ3) is 3.31. The number of aryl methyl sites for hydroxylation is 1. The zero-order chi connectivity index (χ0) is 13.7. The number of aromatic amines is 1. The zero-order valence-electron chi connectivity index (χ0n) is 10.6. The van der Waals surface area contributed by atoms with Crippen molar-refractivity contribution in [1.82, 2.24) is 10.3 Å². The third-order valence-electron chi connectivity index (χ3n) is 2.90. The van der Waals surface area contributed by atoms with Gasteiger partial charge in [0.1, 0.15) is 0 Å². The van der Waals surface area contributed by atoms with Crippen LogP contribution in [0.25, 0.3) is 10.9 Å². The summed E-state index contributed by atoms with van der Waals surface area (Å²) in [6, 6.07) is 9.43. The summed E-state index contributed by atoms with van der Waals surface area (Å²) in [7, 11) is 0. The Morgan fingerprint density at radius 2 is 2.16 bits per heavy atom. The first kappa shape index (κ1) is 13.1. The van der Waals surface area contributed by atoms with Crippen molar-refractivity contribution in [1.29, 1.82) is 0 Å². The van der Waals surface area contributed by atoms with Crippen LogP contribution in [0.3, 0.4) is 0 Å². The predicted octanol–water partition coefficient (Wildman–Crippen LogP) is 1.76. The number of fused-ring (bicyclic) bond motifs is 1. The summed E-state index contributed by atoms with van der Waals surface area (Å²) in [5.74, 6) is -0.0764. The van der Waals surface area contributed by atoms with Gasteiger partial charge >= 0.3 is 0 Å². The minimum atomic E-state index is -0.129. The molecule has 4 heteroatoms. The topological polar surface area (TPSA) is 62.0 Å². The van der Waals surface area contributed by atoms with E-state index in [9.17, 15) is 9.59 Å². The molecule has 0 saturated carbocycles. The van der Waals surface area contributed by atoms with Gasteiger partial charge in [0.2, 0.25) is 5.91 Å². The number of pyridine rings is 1. The Hall–Kier alpha value is -2.36. The van der Waals surface area contributed by atoms with Crippen molar-refractivity contribution in [2.45, 2.75) is 12.8 Å². The lowest BCUT2D eigenvalue weighted by Gasteiger charge is -2.04. The molecule has 98 valence electrons. The average molecular weight is 256 g/mol. The van der Waals surface area contributed by atoms with Gasteiger partial charge in [-0.05, 0) is 23.9 Å². The number of rotatable bonds is 5. The fraction of sp³-hybridized carbons (Fsp3) is 0.200. The first-order valence-electron chi connectivity index (χ1n) is 6.19. The first-order chi connectivity index (χ1) is 9.20. The maximum absolute atomic E-state index is 11.9. The second-order valence-corrected chi connectivity index (χ2v) is 4.30. The highest BCUT2D eigenvalue weighted by Crippen LogP contribution is 2.10. The molecule has 1 heterocycles. The fourth-order valence-corrected chi connectivity index (χ4v) is 1.90. The molecule has 0 bridgehead atoms. The van der Waals surface area contributed by atoms with E-state index in [1.165, 1.54) is 0 Å². The van der Waals surface area contributed by atoms with Gasteiger partial charge in [0.05, 0.1) is 0 Å². The van der Waals surface area contributed by atoms with Crippen LogP contribution < -0.4 is 10.9 Å². The molecule has 4 nitrogen and oxygen atoms in total. The van der Waals surface area contributed by atoms with E-state index in [-0.39, 0.29) is 11.5 Å². The van der Waals surface area contributed by atoms with Crippen molar-refractivity contribution in [3.05, 3.63) is 58.9 Å². The van der Waals surface area contributed by atoms with Gasteiger partial charge in [0, 0.05) is 24.0 Å². The van der Waals surface area contributed by atoms with Crippen LogP contribution in [0, 0.1) is 0 Å². The van der Waals surface area contributed by atoms with E-state index < -0.39 is 0 Å². The smallest absolute Gasteiger partial charge is 0.251 e. The number of carbonyl (C=O) groups is 1. The number of para-hydroxylation sites is 1. The van der Waals surface area contributed by atoms with Crippen LogP contribution in [0.15, 0.2) is 47.8 Å². The molecule has 1 amide bonds. The number of benzene rings is 1. The standard InChI is InChI=1S/C15H16N2O2/c1-2-9-16-14(18)8-7-12-10-11-5-3-4-6-13(11)17-15(12)19/h2-6,10H,1,7-9H2,(H,16,18)(H,17,19). The Labute approximate surface area is 111 Å². The molecule has 19 heavy (non-hydrogen) atoms. The van der Waals surface area contributed by atoms with E-state index in [0.717, 1.165) is 10.9 Å². The Balaban J connectivity index is 2.12. The molecular formula is C15H16N2O2. The zero-order valence-corrected chi connectivity index (χ0v) is 10.6. The molecule has 0 atom stereocenters. The van der Waals surface area contributed by atoms with Crippen molar-refractivity contribution in [3.8, 4) is 0 Å². The van der Waals surface area contributed by atoms with E-state index in [2.05, 4.69) is 16.9 Å². The molecule has 0 fully saturated rings. The minimum absolute atomic E-state index is 0.0764.